The Bertz CT molecular complexity index is 1360. The number of nitrogens with zero attached hydrogens (tertiary/aromatic N) is 7. The van der Waals surface area contributed by atoms with Crippen LogP contribution < -0.4 is 10.2 Å². The Morgan fingerprint density at radius 1 is 0.975 bits per heavy atom. The van der Waals surface area contributed by atoms with Crippen LogP contribution in [0.25, 0.3) is 22.5 Å². The number of rotatable bonds is 11. The second-order valence-electron chi connectivity index (χ2n) is 8.40. The summed E-state index contributed by atoms with van der Waals surface area (Å²) < 4.78 is 0. The predicted octanol–water partition coefficient (Wildman–Crippen LogP) is 5.89. The number of benzene rings is 1. The Hall–Kier alpha value is -2.93. The molecule has 0 amide bonds. The molecule has 216 valence electrons. The molecule has 4 aromatic rings. The molecular formula is C24H28Cl5N9O2. The van der Waals surface area contributed by atoms with Crippen LogP contribution in [-0.2, 0) is 0 Å². The van der Waals surface area contributed by atoms with Gasteiger partial charge >= 0.3 is 0 Å². The number of likely N-dealkylation sites (N-methyl/N-ethyl adjacent to an activating group) is 1. The van der Waals surface area contributed by atoms with Crippen molar-refractivity contribution in [2.75, 3.05) is 50.5 Å². The second-order valence-corrected chi connectivity index (χ2v) is 9.24. The fourth-order valence-corrected chi connectivity index (χ4v) is 4.06. The molecule has 0 spiro atoms. The van der Waals surface area contributed by atoms with E-state index < -0.39 is 4.92 Å². The SMILES string of the molecule is CN(C)CCN(CCNc1ccc([N+](=O)[O-])cn1)c1ncc(-c2cnc[nH]2)c(-c2ccc(Cl)cc2Cl)n1.Cl.Cl.Cl. The first-order valence-electron chi connectivity index (χ1n) is 11.4. The van der Waals surface area contributed by atoms with Gasteiger partial charge in [0.1, 0.15) is 12.0 Å². The van der Waals surface area contributed by atoms with Gasteiger partial charge in [0.2, 0.25) is 5.95 Å². The maximum Gasteiger partial charge on any atom is 0.287 e. The lowest BCUT2D eigenvalue weighted by Crippen LogP contribution is -2.36. The van der Waals surface area contributed by atoms with Crippen LogP contribution in [0.5, 0.6) is 0 Å². The molecule has 4 rings (SSSR count). The quantitative estimate of drug-likeness (QED) is 0.151. The summed E-state index contributed by atoms with van der Waals surface area (Å²) in [4.78, 5) is 35.5. The summed E-state index contributed by atoms with van der Waals surface area (Å²) in [6, 6.07) is 8.29. The molecule has 0 saturated carbocycles. The molecule has 3 heterocycles. The Balaban J connectivity index is 0.00000267. The number of halogens is 5. The zero-order chi connectivity index (χ0) is 26.4. The number of hydrogen-bond donors (Lipinski definition) is 2. The molecule has 0 bridgehead atoms. The molecule has 1 aromatic carbocycles. The number of nitro groups is 1. The average Bonchev–Trinajstić information content (AvgIpc) is 3.41. The standard InChI is InChI=1S/C24H25Cl2N9O2.3ClH/c1-33(2)9-10-34(8-7-28-22-6-4-17(12-29-22)35(36)37)24-30-13-19(21-14-27-15-31-21)23(32-24)18-5-3-16(25)11-20(18)26;;;/h3-6,11-15H,7-10H2,1-2H3,(H,27,31)(H,28,29);3*1H. The number of imidazole rings is 1. The van der Waals surface area contributed by atoms with Crippen molar-refractivity contribution in [3.8, 4) is 22.5 Å². The highest BCUT2D eigenvalue weighted by atomic mass is 35.5. The minimum Gasteiger partial charge on any atom is -0.368 e. The smallest absolute Gasteiger partial charge is 0.287 e. The molecule has 0 unspecified atom stereocenters. The molecule has 11 nitrogen and oxygen atoms in total. The number of hydrogen-bond acceptors (Lipinski definition) is 9. The molecule has 0 fully saturated rings. The Labute approximate surface area is 260 Å². The van der Waals surface area contributed by atoms with Gasteiger partial charge in [-0.1, -0.05) is 23.2 Å². The molecule has 0 atom stereocenters. The number of aromatic amines is 1. The van der Waals surface area contributed by atoms with E-state index in [9.17, 15) is 10.1 Å². The van der Waals surface area contributed by atoms with Crippen molar-refractivity contribution in [3.63, 3.8) is 0 Å². The minimum absolute atomic E-state index is 0. The van der Waals surface area contributed by atoms with Gasteiger partial charge in [-0.3, -0.25) is 10.1 Å². The van der Waals surface area contributed by atoms with Gasteiger partial charge in [0.05, 0.1) is 33.9 Å². The number of aromatic nitrogens is 5. The summed E-state index contributed by atoms with van der Waals surface area (Å²) in [7, 11) is 4.00. The Morgan fingerprint density at radius 2 is 1.75 bits per heavy atom. The number of nitrogens with one attached hydrogen (secondary N) is 2. The largest absolute Gasteiger partial charge is 0.368 e. The van der Waals surface area contributed by atoms with Crippen molar-refractivity contribution in [2.24, 2.45) is 0 Å². The minimum atomic E-state index is -0.478. The van der Waals surface area contributed by atoms with E-state index in [-0.39, 0.29) is 42.9 Å². The molecule has 0 aliphatic carbocycles. The van der Waals surface area contributed by atoms with E-state index in [4.69, 9.17) is 28.2 Å². The molecule has 0 radical (unpaired) electrons. The van der Waals surface area contributed by atoms with Gasteiger partial charge in [-0.25, -0.2) is 19.9 Å². The number of anilines is 2. The van der Waals surface area contributed by atoms with E-state index >= 15 is 0 Å². The summed E-state index contributed by atoms with van der Waals surface area (Å²) in [5.74, 6) is 1.08. The van der Waals surface area contributed by atoms with Gasteiger partial charge in [0, 0.05) is 54.6 Å². The van der Waals surface area contributed by atoms with Gasteiger partial charge in [-0.2, -0.15) is 0 Å². The van der Waals surface area contributed by atoms with E-state index in [1.807, 2.05) is 20.2 Å². The zero-order valence-electron chi connectivity index (χ0n) is 21.5. The van der Waals surface area contributed by atoms with Crippen molar-refractivity contribution in [2.45, 2.75) is 0 Å². The fourth-order valence-electron chi connectivity index (χ4n) is 3.56. The van der Waals surface area contributed by atoms with Crippen LogP contribution in [0.15, 0.2) is 55.2 Å². The van der Waals surface area contributed by atoms with E-state index in [0.29, 0.717) is 47.1 Å². The third kappa shape index (κ3) is 9.05. The van der Waals surface area contributed by atoms with E-state index in [0.717, 1.165) is 23.4 Å². The van der Waals surface area contributed by atoms with Crippen LogP contribution in [0.2, 0.25) is 10.0 Å². The molecule has 3 aromatic heterocycles. The van der Waals surface area contributed by atoms with Crippen LogP contribution in [0.4, 0.5) is 17.5 Å². The van der Waals surface area contributed by atoms with Crippen molar-refractivity contribution in [3.05, 3.63) is 75.4 Å². The molecule has 0 aliphatic heterocycles. The van der Waals surface area contributed by atoms with Crippen molar-refractivity contribution < 1.29 is 4.92 Å². The highest BCUT2D eigenvalue weighted by molar-refractivity contribution is 6.36. The van der Waals surface area contributed by atoms with Gasteiger partial charge in [0.25, 0.3) is 5.69 Å². The van der Waals surface area contributed by atoms with Gasteiger partial charge < -0.3 is 20.1 Å². The predicted molar refractivity (Wildman–Crippen MR) is 167 cm³/mol. The van der Waals surface area contributed by atoms with Crippen LogP contribution in [-0.4, -0.2) is 75.0 Å². The Morgan fingerprint density at radius 3 is 2.35 bits per heavy atom. The van der Waals surface area contributed by atoms with Crippen molar-refractivity contribution in [1.29, 1.82) is 0 Å². The van der Waals surface area contributed by atoms with Crippen LogP contribution in [0, 0.1) is 10.1 Å². The topological polar surface area (TPSA) is 129 Å². The van der Waals surface area contributed by atoms with E-state index in [1.54, 1.807) is 36.9 Å². The summed E-state index contributed by atoms with van der Waals surface area (Å²) in [5, 5.41) is 15.1. The van der Waals surface area contributed by atoms with Crippen LogP contribution >= 0.6 is 60.4 Å². The van der Waals surface area contributed by atoms with Crippen LogP contribution in [0.1, 0.15) is 0 Å². The average molecular weight is 652 g/mol. The number of pyridine rings is 1. The van der Waals surface area contributed by atoms with E-state index in [1.165, 1.54) is 12.3 Å². The summed E-state index contributed by atoms with van der Waals surface area (Å²) in [6.07, 6.45) is 6.28. The summed E-state index contributed by atoms with van der Waals surface area (Å²) >= 11 is 12.7. The molecule has 40 heavy (non-hydrogen) atoms. The first kappa shape index (κ1) is 35.1. The first-order valence-corrected chi connectivity index (χ1v) is 12.1. The molecule has 0 aliphatic rings. The zero-order valence-corrected chi connectivity index (χ0v) is 25.4. The highest BCUT2D eigenvalue weighted by Crippen LogP contribution is 2.35. The second kappa shape index (κ2) is 16.4. The summed E-state index contributed by atoms with van der Waals surface area (Å²) in [5.41, 5.74) is 2.83. The molecule has 16 heteroatoms. The lowest BCUT2D eigenvalue weighted by atomic mass is 10.1. The maximum atomic E-state index is 10.9. The van der Waals surface area contributed by atoms with Gasteiger partial charge in [0.15, 0.2) is 0 Å². The fraction of sp³-hybridized carbons (Fsp3) is 0.250. The lowest BCUT2D eigenvalue weighted by molar-refractivity contribution is -0.385. The molecular weight excluding hydrogens is 624 g/mol. The van der Waals surface area contributed by atoms with Gasteiger partial charge in [-0.05, 0) is 38.4 Å². The molecule has 0 saturated heterocycles. The van der Waals surface area contributed by atoms with E-state index in [2.05, 4.69) is 35.1 Å². The van der Waals surface area contributed by atoms with Crippen LogP contribution in [0.3, 0.4) is 0 Å². The number of H-pyrrole nitrogens is 1. The third-order valence-corrected chi connectivity index (χ3v) is 6.04. The first-order chi connectivity index (χ1) is 17.8. The lowest BCUT2D eigenvalue weighted by Gasteiger charge is -2.25. The Kier molecular flexibility index (Phi) is 14.4. The normalized spacial score (nSPS) is 10.2. The highest BCUT2D eigenvalue weighted by Gasteiger charge is 2.19. The van der Waals surface area contributed by atoms with Crippen molar-refractivity contribution >= 4 is 77.9 Å². The van der Waals surface area contributed by atoms with Gasteiger partial charge in [-0.15, -0.1) is 37.2 Å². The summed E-state index contributed by atoms with van der Waals surface area (Å²) in [6.45, 7) is 2.52. The monoisotopic (exact) mass is 649 g/mol. The molecule has 2 N–H and O–H groups in total. The maximum absolute atomic E-state index is 10.9. The third-order valence-electron chi connectivity index (χ3n) is 5.50. The van der Waals surface area contributed by atoms with Crippen molar-refractivity contribution in [1.82, 2.24) is 29.8 Å².